The van der Waals surface area contributed by atoms with Crippen LogP contribution in [0.2, 0.25) is 0 Å². The Hall–Kier alpha value is -3.46. The van der Waals surface area contributed by atoms with Crippen LogP contribution in [0.1, 0.15) is 57.2 Å². The molecule has 0 bridgehead atoms. The highest BCUT2D eigenvalue weighted by molar-refractivity contribution is 5.72. The maximum atomic E-state index is 13.7. The monoisotopic (exact) mass is 555 g/mol. The predicted molar refractivity (Wildman–Crippen MR) is 148 cm³/mol. The molecule has 1 aliphatic heterocycles. The number of nitrogens with zero attached hydrogens (tertiary/aromatic N) is 3. The Morgan fingerprint density at radius 3 is 2.35 bits per heavy atom. The van der Waals surface area contributed by atoms with Crippen LogP contribution in [0, 0.1) is 5.92 Å². The van der Waals surface area contributed by atoms with Crippen LogP contribution < -0.4 is 4.74 Å². The van der Waals surface area contributed by atoms with Gasteiger partial charge in [0, 0.05) is 30.1 Å². The second-order valence-corrected chi connectivity index (χ2v) is 10.3. The summed E-state index contributed by atoms with van der Waals surface area (Å²) in [4.78, 5) is 23.3. The third kappa shape index (κ3) is 6.99. The second-order valence-electron chi connectivity index (χ2n) is 10.3. The van der Waals surface area contributed by atoms with Gasteiger partial charge >= 0.3 is 12.1 Å². The molecule has 1 saturated heterocycles. The number of likely N-dealkylation sites (tertiary alicyclic amines) is 1. The number of carbonyl (C=O) groups is 1. The van der Waals surface area contributed by atoms with Crippen molar-refractivity contribution in [3.63, 3.8) is 0 Å². The van der Waals surface area contributed by atoms with Crippen LogP contribution in [0.5, 0.6) is 5.75 Å². The first-order valence-corrected chi connectivity index (χ1v) is 13.8. The van der Waals surface area contributed by atoms with Crippen molar-refractivity contribution >= 4 is 5.97 Å². The number of esters is 1. The predicted octanol–water partition coefficient (Wildman–Crippen LogP) is 6.95. The molecule has 3 aromatic rings. The molecule has 0 amide bonds. The molecule has 0 unspecified atom stereocenters. The number of alkyl halides is 3. The van der Waals surface area contributed by atoms with Gasteiger partial charge in [-0.2, -0.15) is 13.2 Å². The van der Waals surface area contributed by atoms with Crippen LogP contribution in [0.25, 0.3) is 22.5 Å². The summed E-state index contributed by atoms with van der Waals surface area (Å²) in [5.74, 6) is -0.132. The Balaban J connectivity index is 1.53. The summed E-state index contributed by atoms with van der Waals surface area (Å²) in [6.07, 6.45) is 0.756. The fraction of sp³-hybridized carbons (Fsp3) is 0.452. The summed E-state index contributed by atoms with van der Waals surface area (Å²) < 4.78 is 51.7. The lowest BCUT2D eigenvalue weighted by molar-refractivity contribution is -0.149. The number of piperidine rings is 1. The summed E-state index contributed by atoms with van der Waals surface area (Å²) in [6, 6.07) is 10.1. The van der Waals surface area contributed by atoms with E-state index in [0.717, 1.165) is 56.1 Å². The van der Waals surface area contributed by atoms with Gasteiger partial charge in [-0.15, -0.1) is 0 Å². The smallest absolute Gasteiger partial charge is 0.419 e. The first kappa shape index (κ1) is 29.5. The van der Waals surface area contributed by atoms with Crippen molar-refractivity contribution in [1.82, 2.24) is 14.9 Å². The number of hydrogen-bond acceptors (Lipinski definition) is 6. The van der Waals surface area contributed by atoms with E-state index in [1.165, 1.54) is 17.2 Å². The summed E-state index contributed by atoms with van der Waals surface area (Å²) in [5, 5.41) is 0. The van der Waals surface area contributed by atoms with E-state index in [0.29, 0.717) is 6.61 Å². The third-order valence-corrected chi connectivity index (χ3v) is 7.10. The maximum Gasteiger partial charge on any atom is 0.419 e. The van der Waals surface area contributed by atoms with Gasteiger partial charge in [0.1, 0.15) is 5.75 Å². The average molecular weight is 556 g/mol. The number of rotatable bonds is 9. The van der Waals surface area contributed by atoms with E-state index in [-0.39, 0.29) is 35.1 Å². The van der Waals surface area contributed by atoms with E-state index >= 15 is 0 Å². The van der Waals surface area contributed by atoms with Crippen molar-refractivity contribution in [3.8, 4) is 28.3 Å². The summed E-state index contributed by atoms with van der Waals surface area (Å²) in [6.45, 7) is 10.1. The van der Waals surface area contributed by atoms with Crippen LogP contribution in [0.3, 0.4) is 0 Å². The van der Waals surface area contributed by atoms with Gasteiger partial charge in [-0.25, -0.2) is 9.97 Å². The van der Waals surface area contributed by atoms with Crippen molar-refractivity contribution in [2.75, 3.05) is 19.7 Å². The van der Waals surface area contributed by atoms with Crippen molar-refractivity contribution in [2.24, 2.45) is 5.92 Å². The summed E-state index contributed by atoms with van der Waals surface area (Å²) >= 11 is 0. The van der Waals surface area contributed by atoms with Gasteiger partial charge in [-0.1, -0.05) is 25.1 Å². The molecule has 0 saturated carbocycles. The fourth-order valence-electron chi connectivity index (χ4n) is 5.16. The molecule has 2 heterocycles. The lowest BCUT2D eigenvalue weighted by Crippen LogP contribution is -2.36. The van der Waals surface area contributed by atoms with Gasteiger partial charge in [0.15, 0.2) is 5.82 Å². The molecule has 0 radical (unpaired) electrons. The minimum absolute atomic E-state index is 0.0324. The Morgan fingerprint density at radius 1 is 1.05 bits per heavy atom. The van der Waals surface area contributed by atoms with Crippen LogP contribution in [0.4, 0.5) is 13.2 Å². The molecule has 0 atom stereocenters. The van der Waals surface area contributed by atoms with Gasteiger partial charge < -0.3 is 9.47 Å². The first-order chi connectivity index (χ1) is 19.1. The van der Waals surface area contributed by atoms with Crippen molar-refractivity contribution < 1.29 is 27.4 Å². The van der Waals surface area contributed by atoms with E-state index in [1.807, 2.05) is 19.1 Å². The van der Waals surface area contributed by atoms with Gasteiger partial charge in [0.25, 0.3) is 0 Å². The molecule has 0 spiro atoms. The molecule has 40 heavy (non-hydrogen) atoms. The molecular formula is C31H36F3N3O3. The molecule has 0 aliphatic carbocycles. The Kier molecular flexibility index (Phi) is 9.45. The zero-order chi connectivity index (χ0) is 28.9. The number of hydrogen-bond donors (Lipinski definition) is 0. The maximum absolute atomic E-state index is 13.7. The van der Waals surface area contributed by atoms with Crippen molar-refractivity contribution in [2.45, 2.75) is 65.8 Å². The molecule has 0 N–H and O–H groups in total. The van der Waals surface area contributed by atoms with Crippen molar-refractivity contribution in [3.05, 3.63) is 65.5 Å². The van der Waals surface area contributed by atoms with Crippen LogP contribution in [-0.4, -0.2) is 46.6 Å². The number of aromatic nitrogens is 2. The fourth-order valence-corrected chi connectivity index (χ4v) is 5.16. The van der Waals surface area contributed by atoms with Gasteiger partial charge in [0.05, 0.1) is 24.2 Å². The molecule has 6 nitrogen and oxygen atoms in total. The normalized spacial score (nSPS) is 14.9. The topological polar surface area (TPSA) is 64.5 Å². The van der Waals surface area contributed by atoms with E-state index in [1.54, 1.807) is 32.3 Å². The second kappa shape index (κ2) is 12.8. The molecule has 4 rings (SSSR count). The zero-order valence-corrected chi connectivity index (χ0v) is 23.4. The summed E-state index contributed by atoms with van der Waals surface area (Å²) in [7, 11) is 0. The molecule has 1 aliphatic rings. The van der Waals surface area contributed by atoms with Gasteiger partial charge in [-0.3, -0.25) is 9.69 Å². The van der Waals surface area contributed by atoms with Gasteiger partial charge in [-0.05, 0) is 88.0 Å². The number of halogens is 3. The standard InChI is InChI=1S/C31H36F3N3O3/c1-5-25-23(19-37-14-12-21(13-15-37)30(38)39-6-2)8-7-9-26(25)24-17-35-29(36-18-24)22-10-11-28(40-20(3)4)27(16-22)31(32,33)34/h7-11,16-18,20-21H,5-6,12-15,19H2,1-4H3. The number of carbonyl (C=O) groups excluding carboxylic acids is 1. The highest BCUT2D eigenvalue weighted by atomic mass is 19.4. The van der Waals surface area contributed by atoms with E-state index in [9.17, 15) is 18.0 Å². The highest BCUT2D eigenvalue weighted by Crippen LogP contribution is 2.39. The minimum atomic E-state index is -4.56. The summed E-state index contributed by atoms with van der Waals surface area (Å²) in [5.41, 5.74) is 3.61. The first-order valence-electron chi connectivity index (χ1n) is 13.8. The largest absolute Gasteiger partial charge is 0.490 e. The van der Waals surface area contributed by atoms with E-state index in [2.05, 4.69) is 27.9 Å². The number of ether oxygens (including phenoxy) is 2. The molecule has 9 heteroatoms. The van der Waals surface area contributed by atoms with Crippen LogP contribution >= 0.6 is 0 Å². The lowest BCUT2D eigenvalue weighted by Gasteiger charge is -2.31. The molecule has 1 fully saturated rings. The van der Waals surface area contributed by atoms with Gasteiger partial charge in [0.2, 0.25) is 0 Å². The zero-order valence-electron chi connectivity index (χ0n) is 23.4. The van der Waals surface area contributed by atoms with Crippen LogP contribution in [-0.2, 0) is 28.7 Å². The number of benzene rings is 2. The Morgan fingerprint density at radius 2 is 1.75 bits per heavy atom. The van der Waals surface area contributed by atoms with E-state index in [4.69, 9.17) is 9.47 Å². The average Bonchev–Trinajstić information content (AvgIpc) is 2.93. The van der Waals surface area contributed by atoms with Crippen molar-refractivity contribution in [1.29, 1.82) is 0 Å². The Labute approximate surface area is 233 Å². The molecular weight excluding hydrogens is 519 g/mol. The minimum Gasteiger partial charge on any atom is -0.490 e. The molecule has 214 valence electrons. The Bertz CT molecular complexity index is 1300. The van der Waals surface area contributed by atoms with Crippen LogP contribution in [0.15, 0.2) is 48.8 Å². The third-order valence-electron chi connectivity index (χ3n) is 7.10. The van der Waals surface area contributed by atoms with E-state index < -0.39 is 11.7 Å². The highest BCUT2D eigenvalue weighted by Gasteiger charge is 2.35. The molecule has 1 aromatic heterocycles. The molecule has 2 aromatic carbocycles. The SMILES string of the molecule is CCOC(=O)C1CCN(Cc2cccc(-c3cnc(-c4ccc(OC(C)C)c(C(F)(F)F)c4)nc3)c2CC)CC1. The lowest BCUT2D eigenvalue weighted by atomic mass is 9.93. The quantitative estimate of drug-likeness (QED) is 0.266.